The molecule has 1 fully saturated rings. The molecule has 0 aliphatic carbocycles. The van der Waals surface area contributed by atoms with Crippen LogP contribution in [0.25, 0.3) is 10.9 Å². The molecule has 0 saturated carbocycles. The third-order valence-corrected chi connectivity index (χ3v) is 4.61. The number of aromatic nitrogens is 1. The summed E-state index contributed by atoms with van der Waals surface area (Å²) >= 11 is 6.29. The number of halogens is 1. The molecule has 20 heavy (non-hydrogen) atoms. The molecule has 0 bridgehead atoms. The standard InChI is InChI=1S/C16H19ClN2O/c1-11-4-7-19(8-5-11)10-12-9-14(17)13-3-2-6-18-15(13)16(12)20/h2-3,6,9,11,20H,4-5,7-8,10H2,1H3. The first kappa shape index (κ1) is 13.7. The Balaban J connectivity index is 1.90. The number of quaternary nitrogens is 1. The lowest BCUT2D eigenvalue weighted by Crippen LogP contribution is -3.11. The van der Waals surface area contributed by atoms with E-state index in [0.717, 1.165) is 36.5 Å². The SMILES string of the molecule is CC1CC[NH+](Cc2cc(Cl)c3cccnc3c2[O-])CC1. The Bertz CT molecular complexity index is 621. The summed E-state index contributed by atoms with van der Waals surface area (Å²) in [6.07, 6.45) is 4.13. The van der Waals surface area contributed by atoms with E-state index < -0.39 is 0 Å². The zero-order valence-corrected chi connectivity index (χ0v) is 12.4. The van der Waals surface area contributed by atoms with Crippen LogP contribution in [0.15, 0.2) is 24.4 Å². The van der Waals surface area contributed by atoms with Gasteiger partial charge in [0.25, 0.3) is 0 Å². The van der Waals surface area contributed by atoms with Crippen molar-refractivity contribution in [3.63, 3.8) is 0 Å². The van der Waals surface area contributed by atoms with Gasteiger partial charge in [-0.2, -0.15) is 0 Å². The molecule has 1 N–H and O–H groups in total. The number of piperidine rings is 1. The third kappa shape index (κ3) is 2.60. The smallest absolute Gasteiger partial charge is 0.102 e. The number of hydrogen-bond donors (Lipinski definition) is 1. The lowest BCUT2D eigenvalue weighted by Gasteiger charge is -2.29. The maximum atomic E-state index is 12.5. The minimum atomic E-state index is 0.0381. The summed E-state index contributed by atoms with van der Waals surface area (Å²) in [5.74, 6) is 0.850. The van der Waals surface area contributed by atoms with E-state index >= 15 is 0 Å². The van der Waals surface area contributed by atoms with Gasteiger partial charge >= 0.3 is 0 Å². The van der Waals surface area contributed by atoms with Crippen LogP contribution >= 0.6 is 11.6 Å². The lowest BCUT2D eigenvalue weighted by atomic mass is 9.98. The summed E-state index contributed by atoms with van der Waals surface area (Å²) in [6, 6.07) is 5.49. The molecule has 4 heteroatoms. The highest BCUT2D eigenvalue weighted by molar-refractivity contribution is 6.35. The number of benzene rings is 1. The van der Waals surface area contributed by atoms with Crippen molar-refractivity contribution in [3.05, 3.63) is 35.0 Å². The normalized spacial score (nSPS) is 23.1. The quantitative estimate of drug-likeness (QED) is 0.916. The van der Waals surface area contributed by atoms with Crippen LogP contribution < -0.4 is 10.0 Å². The molecule has 2 aromatic rings. The van der Waals surface area contributed by atoms with Gasteiger partial charge in [-0.1, -0.05) is 24.3 Å². The van der Waals surface area contributed by atoms with E-state index in [2.05, 4.69) is 11.9 Å². The van der Waals surface area contributed by atoms with Crippen molar-refractivity contribution in [3.8, 4) is 5.75 Å². The van der Waals surface area contributed by atoms with Gasteiger partial charge in [0.2, 0.25) is 0 Å². The average Bonchev–Trinajstić information content (AvgIpc) is 2.47. The molecule has 0 spiro atoms. The first-order chi connectivity index (χ1) is 9.65. The van der Waals surface area contributed by atoms with Crippen molar-refractivity contribution >= 4 is 22.5 Å². The fraction of sp³-hybridized carbons (Fsp3) is 0.438. The minimum Gasteiger partial charge on any atom is -0.871 e. The highest BCUT2D eigenvalue weighted by Crippen LogP contribution is 2.30. The monoisotopic (exact) mass is 290 g/mol. The van der Waals surface area contributed by atoms with Crippen LogP contribution in [-0.2, 0) is 6.54 Å². The minimum absolute atomic E-state index is 0.0381. The van der Waals surface area contributed by atoms with Crippen molar-refractivity contribution in [2.45, 2.75) is 26.3 Å². The van der Waals surface area contributed by atoms with Crippen LogP contribution in [-0.4, -0.2) is 18.1 Å². The van der Waals surface area contributed by atoms with Crippen LogP contribution in [0.4, 0.5) is 0 Å². The molecule has 3 rings (SSSR count). The second kappa shape index (κ2) is 5.58. The molecular formula is C16H19ClN2O. The van der Waals surface area contributed by atoms with Gasteiger partial charge in [-0.15, -0.1) is 0 Å². The first-order valence-electron chi connectivity index (χ1n) is 7.22. The van der Waals surface area contributed by atoms with E-state index in [1.165, 1.54) is 17.7 Å². The number of nitrogens with zero attached hydrogens (tertiary/aromatic N) is 1. The molecule has 0 atom stereocenters. The molecule has 0 amide bonds. The zero-order chi connectivity index (χ0) is 14.1. The van der Waals surface area contributed by atoms with Gasteiger partial charge in [0, 0.05) is 17.1 Å². The molecule has 0 unspecified atom stereocenters. The Kier molecular flexibility index (Phi) is 3.81. The fourth-order valence-corrected chi connectivity index (χ4v) is 3.26. The lowest BCUT2D eigenvalue weighted by molar-refractivity contribution is -0.919. The topological polar surface area (TPSA) is 40.4 Å². The molecule has 106 valence electrons. The summed E-state index contributed by atoms with van der Waals surface area (Å²) in [5.41, 5.74) is 1.30. The predicted molar refractivity (Wildman–Crippen MR) is 79.0 cm³/mol. The van der Waals surface area contributed by atoms with Crippen LogP contribution in [0, 0.1) is 5.92 Å². The summed E-state index contributed by atoms with van der Waals surface area (Å²) in [4.78, 5) is 5.68. The fourth-order valence-electron chi connectivity index (χ4n) is 2.98. The summed E-state index contributed by atoms with van der Waals surface area (Å²) in [6.45, 7) is 5.33. The number of nitrogens with one attached hydrogen (secondary N) is 1. The van der Waals surface area contributed by atoms with Crippen molar-refractivity contribution < 1.29 is 10.0 Å². The Morgan fingerprint density at radius 2 is 2.15 bits per heavy atom. The van der Waals surface area contributed by atoms with Gasteiger partial charge in [-0.3, -0.25) is 4.98 Å². The van der Waals surface area contributed by atoms with Gasteiger partial charge in [-0.05, 0) is 37.0 Å². The van der Waals surface area contributed by atoms with Crippen molar-refractivity contribution in [2.24, 2.45) is 5.92 Å². The molecule has 1 aromatic heterocycles. The Morgan fingerprint density at radius 1 is 1.40 bits per heavy atom. The van der Waals surface area contributed by atoms with Gasteiger partial charge in [-0.25, -0.2) is 0 Å². The maximum Gasteiger partial charge on any atom is 0.102 e. The zero-order valence-electron chi connectivity index (χ0n) is 11.7. The van der Waals surface area contributed by atoms with Gasteiger partial charge < -0.3 is 10.0 Å². The molecule has 1 saturated heterocycles. The van der Waals surface area contributed by atoms with Crippen LogP contribution in [0.1, 0.15) is 25.3 Å². The second-order valence-corrected chi connectivity index (χ2v) is 6.26. The van der Waals surface area contributed by atoms with E-state index in [9.17, 15) is 5.11 Å². The average molecular weight is 291 g/mol. The number of rotatable bonds is 2. The number of fused-ring (bicyclic) bond motifs is 1. The Hall–Kier alpha value is -1.32. The van der Waals surface area contributed by atoms with Gasteiger partial charge in [0.1, 0.15) is 6.54 Å². The summed E-state index contributed by atoms with van der Waals surface area (Å²) in [7, 11) is 0. The van der Waals surface area contributed by atoms with Crippen molar-refractivity contribution in [1.82, 2.24) is 4.98 Å². The van der Waals surface area contributed by atoms with Crippen LogP contribution in [0.5, 0.6) is 5.75 Å². The molecular weight excluding hydrogens is 272 g/mol. The van der Waals surface area contributed by atoms with Crippen LogP contribution in [0.3, 0.4) is 0 Å². The first-order valence-corrected chi connectivity index (χ1v) is 7.59. The summed E-state index contributed by atoms with van der Waals surface area (Å²) < 4.78 is 0. The third-order valence-electron chi connectivity index (χ3n) is 4.29. The van der Waals surface area contributed by atoms with Crippen LogP contribution in [0.2, 0.25) is 5.02 Å². The van der Waals surface area contributed by atoms with E-state index in [1.54, 1.807) is 6.20 Å². The number of hydrogen-bond acceptors (Lipinski definition) is 2. The predicted octanol–water partition coefficient (Wildman–Crippen LogP) is 1.78. The van der Waals surface area contributed by atoms with Gasteiger partial charge in [0.05, 0.1) is 23.6 Å². The van der Waals surface area contributed by atoms with E-state index in [4.69, 9.17) is 11.6 Å². The van der Waals surface area contributed by atoms with Crippen molar-refractivity contribution in [1.29, 1.82) is 0 Å². The number of likely N-dealkylation sites (tertiary alicyclic amines) is 1. The molecule has 2 heterocycles. The highest BCUT2D eigenvalue weighted by Gasteiger charge is 2.19. The van der Waals surface area contributed by atoms with E-state index in [0.29, 0.717) is 10.5 Å². The van der Waals surface area contributed by atoms with E-state index in [1.807, 2.05) is 18.2 Å². The Labute approximate surface area is 124 Å². The molecule has 3 nitrogen and oxygen atoms in total. The summed E-state index contributed by atoms with van der Waals surface area (Å²) in [5, 5.41) is 13.9. The van der Waals surface area contributed by atoms with Crippen molar-refractivity contribution in [2.75, 3.05) is 13.1 Å². The second-order valence-electron chi connectivity index (χ2n) is 5.86. The van der Waals surface area contributed by atoms with E-state index in [-0.39, 0.29) is 5.75 Å². The maximum absolute atomic E-state index is 12.5. The molecule has 1 aromatic carbocycles. The molecule has 1 aliphatic rings. The Morgan fingerprint density at radius 3 is 2.90 bits per heavy atom. The number of pyridine rings is 1. The van der Waals surface area contributed by atoms with Gasteiger partial charge in [0.15, 0.2) is 0 Å². The molecule has 0 radical (unpaired) electrons. The molecule has 1 aliphatic heterocycles. The highest BCUT2D eigenvalue weighted by atomic mass is 35.5. The largest absolute Gasteiger partial charge is 0.871 e.